The lowest BCUT2D eigenvalue weighted by atomic mass is 10.1. The van der Waals surface area contributed by atoms with Crippen LogP contribution in [-0.2, 0) is 26.2 Å². The summed E-state index contributed by atoms with van der Waals surface area (Å²) in [6.07, 6.45) is 1.91. The second-order valence-electron chi connectivity index (χ2n) is 10.1. The Balaban J connectivity index is 2.02. The Morgan fingerprint density at radius 1 is 1.00 bits per heavy atom. The third-order valence-corrected chi connectivity index (χ3v) is 9.48. The van der Waals surface area contributed by atoms with Crippen LogP contribution in [0.1, 0.15) is 33.3 Å². The minimum atomic E-state index is -4.15. The van der Waals surface area contributed by atoms with Gasteiger partial charge in [0.2, 0.25) is 11.8 Å². The van der Waals surface area contributed by atoms with E-state index in [2.05, 4.69) is 21.2 Å². The van der Waals surface area contributed by atoms with Crippen LogP contribution in [-0.4, -0.2) is 57.1 Å². The van der Waals surface area contributed by atoms with Crippen molar-refractivity contribution in [2.45, 2.75) is 50.1 Å². The third kappa shape index (κ3) is 8.99. The molecule has 1 N–H and O–H groups in total. The van der Waals surface area contributed by atoms with Crippen molar-refractivity contribution in [3.8, 4) is 5.75 Å². The molecule has 0 bridgehead atoms. The summed E-state index contributed by atoms with van der Waals surface area (Å²) in [7, 11) is -4.15. The monoisotopic (exact) mass is 675 g/mol. The number of ether oxygens (including phenoxy) is 1. The van der Waals surface area contributed by atoms with Crippen LogP contribution in [0.15, 0.2) is 87.1 Å². The summed E-state index contributed by atoms with van der Waals surface area (Å²) in [5, 5.41) is 2.89. The topological polar surface area (TPSA) is 96.0 Å². The number of halogens is 1. The first-order chi connectivity index (χ1) is 20.0. The lowest BCUT2D eigenvalue weighted by Gasteiger charge is -2.32. The van der Waals surface area contributed by atoms with Gasteiger partial charge in [-0.2, -0.15) is 0 Å². The molecule has 0 fully saturated rings. The molecule has 8 nitrogen and oxygen atoms in total. The highest BCUT2D eigenvalue weighted by Crippen LogP contribution is 2.28. The average molecular weight is 677 g/mol. The minimum Gasteiger partial charge on any atom is -0.494 e. The number of hydrogen-bond donors (Lipinski definition) is 1. The maximum absolute atomic E-state index is 14.0. The molecule has 1 atom stereocenters. The second kappa shape index (κ2) is 15.5. The number of nitrogens with zero attached hydrogens (tertiary/aromatic N) is 2. The van der Waals surface area contributed by atoms with Gasteiger partial charge < -0.3 is 15.0 Å². The fourth-order valence-corrected chi connectivity index (χ4v) is 6.42. The largest absolute Gasteiger partial charge is 0.494 e. The van der Waals surface area contributed by atoms with Gasteiger partial charge in [0, 0.05) is 22.5 Å². The average Bonchev–Trinajstić information content (AvgIpc) is 2.97. The van der Waals surface area contributed by atoms with E-state index in [1.165, 1.54) is 28.8 Å². The summed E-state index contributed by atoms with van der Waals surface area (Å²) in [6.45, 7) is 8.03. The number of amides is 2. The van der Waals surface area contributed by atoms with Crippen LogP contribution in [0.2, 0.25) is 0 Å². The summed E-state index contributed by atoms with van der Waals surface area (Å²) in [5.41, 5.74) is 1.10. The minimum absolute atomic E-state index is 0.0586. The van der Waals surface area contributed by atoms with E-state index in [9.17, 15) is 18.0 Å². The highest BCUT2D eigenvalue weighted by atomic mass is 79.9. The Kier molecular flexibility index (Phi) is 12.3. The predicted octanol–water partition coefficient (Wildman–Crippen LogP) is 5.95. The second-order valence-corrected chi connectivity index (χ2v) is 13.7. The predicted molar refractivity (Wildman–Crippen MR) is 172 cm³/mol. The van der Waals surface area contributed by atoms with Crippen molar-refractivity contribution in [3.05, 3.63) is 82.8 Å². The molecule has 0 aromatic heterocycles. The van der Waals surface area contributed by atoms with Crippen LogP contribution in [0, 0.1) is 5.92 Å². The maximum Gasteiger partial charge on any atom is 0.264 e. The zero-order valence-corrected chi connectivity index (χ0v) is 27.8. The van der Waals surface area contributed by atoms with Crippen molar-refractivity contribution in [2.75, 3.05) is 30.3 Å². The first-order valence-electron chi connectivity index (χ1n) is 13.7. The van der Waals surface area contributed by atoms with Crippen LogP contribution in [0.5, 0.6) is 5.75 Å². The standard InChI is InChI=1S/C31H38BrN3O5S2/c1-6-40-27-12-10-26(11-13-27)35(42(38,39)29-16-14-28(41-5)15-17-29)21-30(36)34(20-24-8-7-9-25(32)18-24)23(4)31(37)33-19-22(2)3/h7-18,22-23H,6,19-21H2,1-5H3,(H,33,37). The molecule has 2 amide bonds. The molecule has 0 saturated carbocycles. The van der Waals surface area contributed by atoms with E-state index in [1.54, 1.807) is 43.3 Å². The highest BCUT2D eigenvalue weighted by molar-refractivity contribution is 9.10. The van der Waals surface area contributed by atoms with E-state index in [0.29, 0.717) is 24.6 Å². The summed E-state index contributed by atoms with van der Waals surface area (Å²) >= 11 is 4.97. The molecule has 3 rings (SSSR count). The van der Waals surface area contributed by atoms with Crippen molar-refractivity contribution < 1.29 is 22.7 Å². The van der Waals surface area contributed by atoms with Gasteiger partial charge >= 0.3 is 0 Å². The van der Waals surface area contributed by atoms with Crippen molar-refractivity contribution in [1.82, 2.24) is 10.2 Å². The normalized spacial score (nSPS) is 12.1. The molecule has 3 aromatic rings. The Morgan fingerprint density at radius 2 is 1.67 bits per heavy atom. The summed E-state index contributed by atoms with van der Waals surface area (Å²) in [6, 6.07) is 19.7. The smallest absolute Gasteiger partial charge is 0.264 e. The van der Waals surface area contributed by atoms with E-state index >= 15 is 0 Å². The van der Waals surface area contributed by atoms with Crippen molar-refractivity contribution in [2.24, 2.45) is 5.92 Å². The van der Waals surface area contributed by atoms with Crippen LogP contribution < -0.4 is 14.4 Å². The number of nitrogens with one attached hydrogen (secondary N) is 1. The SMILES string of the molecule is CCOc1ccc(N(CC(=O)N(Cc2cccc(Br)c2)C(C)C(=O)NCC(C)C)S(=O)(=O)c2ccc(SC)cc2)cc1. The van der Waals surface area contributed by atoms with Gasteiger partial charge in [-0.3, -0.25) is 13.9 Å². The number of rotatable bonds is 14. The van der Waals surface area contributed by atoms with Gasteiger partial charge in [0.05, 0.1) is 17.2 Å². The van der Waals surface area contributed by atoms with Gasteiger partial charge in [0.25, 0.3) is 10.0 Å². The number of carbonyl (C=O) groups is 2. The molecule has 0 saturated heterocycles. The number of benzene rings is 3. The van der Waals surface area contributed by atoms with Crippen LogP contribution in [0.25, 0.3) is 0 Å². The summed E-state index contributed by atoms with van der Waals surface area (Å²) < 4.78 is 35.5. The van der Waals surface area contributed by atoms with Crippen LogP contribution >= 0.6 is 27.7 Å². The molecule has 226 valence electrons. The number of anilines is 1. The Bertz CT molecular complexity index is 1450. The lowest BCUT2D eigenvalue weighted by Crippen LogP contribution is -2.51. The molecule has 42 heavy (non-hydrogen) atoms. The summed E-state index contributed by atoms with van der Waals surface area (Å²) in [5.74, 6) is -0.00955. The number of thioether (sulfide) groups is 1. The quantitative estimate of drug-likeness (QED) is 0.212. The van der Waals surface area contributed by atoms with E-state index in [1.807, 2.05) is 51.3 Å². The fraction of sp³-hybridized carbons (Fsp3) is 0.355. The zero-order chi connectivity index (χ0) is 30.9. The molecule has 1 unspecified atom stereocenters. The van der Waals surface area contributed by atoms with Gasteiger partial charge in [0.15, 0.2) is 0 Å². The first kappa shape index (κ1) is 33.5. The third-order valence-electron chi connectivity index (χ3n) is 6.46. The molecular weight excluding hydrogens is 638 g/mol. The van der Waals surface area contributed by atoms with Gasteiger partial charge in [-0.15, -0.1) is 11.8 Å². The Hall–Kier alpha value is -3.02. The van der Waals surface area contributed by atoms with Crippen molar-refractivity contribution >= 4 is 55.2 Å². The van der Waals surface area contributed by atoms with Crippen LogP contribution in [0.4, 0.5) is 5.69 Å². The van der Waals surface area contributed by atoms with Gasteiger partial charge in [0.1, 0.15) is 18.3 Å². The molecule has 0 radical (unpaired) electrons. The van der Waals surface area contributed by atoms with Crippen LogP contribution in [0.3, 0.4) is 0 Å². The molecule has 0 spiro atoms. The van der Waals surface area contributed by atoms with E-state index in [0.717, 1.165) is 19.2 Å². The molecule has 0 aliphatic rings. The Labute approximate surface area is 262 Å². The molecule has 3 aromatic carbocycles. The van der Waals surface area contributed by atoms with E-state index in [-0.39, 0.29) is 23.3 Å². The molecule has 0 aliphatic carbocycles. The molecule has 0 aliphatic heterocycles. The van der Waals surface area contributed by atoms with Gasteiger partial charge in [-0.25, -0.2) is 8.42 Å². The molecule has 0 heterocycles. The highest BCUT2D eigenvalue weighted by Gasteiger charge is 2.32. The maximum atomic E-state index is 14.0. The zero-order valence-electron chi connectivity index (χ0n) is 24.5. The van der Waals surface area contributed by atoms with Crippen molar-refractivity contribution in [1.29, 1.82) is 0 Å². The van der Waals surface area contributed by atoms with Gasteiger partial charge in [-0.1, -0.05) is 41.9 Å². The van der Waals surface area contributed by atoms with Crippen molar-refractivity contribution in [3.63, 3.8) is 0 Å². The Morgan fingerprint density at radius 3 is 2.24 bits per heavy atom. The molecule has 11 heteroatoms. The number of hydrogen-bond acceptors (Lipinski definition) is 6. The molecular formula is C31H38BrN3O5S2. The summed E-state index contributed by atoms with van der Waals surface area (Å²) in [4.78, 5) is 29.6. The number of sulfonamides is 1. The lowest BCUT2D eigenvalue weighted by molar-refractivity contribution is -0.139. The first-order valence-corrected chi connectivity index (χ1v) is 17.1. The van der Waals surface area contributed by atoms with Gasteiger partial charge in [-0.05, 0) is 92.2 Å². The fourth-order valence-electron chi connectivity index (χ4n) is 4.15. The van der Waals surface area contributed by atoms with E-state index < -0.39 is 28.5 Å². The van der Waals surface area contributed by atoms with E-state index in [4.69, 9.17) is 4.74 Å². The number of carbonyl (C=O) groups excluding carboxylic acids is 2.